The van der Waals surface area contributed by atoms with Gasteiger partial charge in [-0.15, -0.1) is 0 Å². The molecule has 0 saturated carbocycles. The van der Waals surface area contributed by atoms with Crippen molar-refractivity contribution in [3.05, 3.63) is 18.2 Å². The first-order chi connectivity index (χ1) is 9.80. The van der Waals surface area contributed by atoms with Crippen molar-refractivity contribution in [3.8, 4) is 0 Å². The normalized spacial score (nSPS) is 13.4. The fraction of sp³-hybridized carbons (Fsp3) is 0.538. The van der Waals surface area contributed by atoms with Gasteiger partial charge >= 0.3 is 0 Å². The van der Waals surface area contributed by atoms with Gasteiger partial charge in [-0.2, -0.15) is 0 Å². The Balaban J connectivity index is 2.83. The number of para-hydroxylation sites is 1. The van der Waals surface area contributed by atoms with E-state index in [2.05, 4.69) is 5.32 Å². The Bertz CT molecular complexity index is 561. The van der Waals surface area contributed by atoms with Crippen molar-refractivity contribution in [3.63, 3.8) is 0 Å². The fourth-order valence-electron chi connectivity index (χ4n) is 1.77. The van der Waals surface area contributed by atoms with Gasteiger partial charge in [0.1, 0.15) is 4.90 Å². The van der Waals surface area contributed by atoms with Crippen LogP contribution in [-0.2, 0) is 14.8 Å². The maximum Gasteiger partial charge on any atom is 0.244 e. The number of nitrogens with one attached hydrogen (secondary N) is 1. The van der Waals surface area contributed by atoms with E-state index in [1.54, 1.807) is 12.1 Å². The van der Waals surface area contributed by atoms with Crippen molar-refractivity contribution in [1.82, 2.24) is 4.31 Å². The molecule has 0 radical (unpaired) electrons. The van der Waals surface area contributed by atoms with Crippen molar-refractivity contribution in [2.45, 2.75) is 17.4 Å². The Kier molecular flexibility index (Phi) is 6.41. The minimum atomic E-state index is -3.58. The lowest BCUT2D eigenvalue weighted by atomic mass is 10.2. The molecule has 0 saturated heterocycles. The lowest BCUT2D eigenvalue weighted by Gasteiger charge is -2.17. The number of hydrogen-bond acceptors (Lipinski definition) is 6. The van der Waals surface area contributed by atoms with Crippen LogP contribution in [0.3, 0.4) is 0 Å². The van der Waals surface area contributed by atoms with Gasteiger partial charge < -0.3 is 20.9 Å². The topological polar surface area (TPSA) is 105 Å². The Hall–Kier alpha value is -1.35. The summed E-state index contributed by atoms with van der Waals surface area (Å²) < 4.78 is 30.2. The van der Waals surface area contributed by atoms with E-state index in [9.17, 15) is 13.5 Å². The molecule has 0 aromatic heterocycles. The van der Waals surface area contributed by atoms with Crippen LogP contribution in [0.15, 0.2) is 23.1 Å². The summed E-state index contributed by atoms with van der Waals surface area (Å²) in [6.45, 7) is 0.715. The Labute approximate surface area is 125 Å². The number of nitrogens with zero attached hydrogens (tertiary/aromatic N) is 1. The number of methoxy groups -OCH3 is 1. The van der Waals surface area contributed by atoms with Crippen LogP contribution in [0.4, 0.5) is 11.4 Å². The van der Waals surface area contributed by atoms with Gasteiger partial charge in [-0.3, -0.25) is 0 Å². The molecular weight excluding hydrogens is 294 g/mol. The third kappa shape index (κ3) is 4.57. The minimum absolute atomic E-state index is 0.0648. The SMILES string of the molecule is COCC(O)CCNc1cccc(S(=O)(=O)N(C)C)c1N. The zero-order valence-electron chi connectivity index (χ0n) is 12.5. The number of ether oxygens (including phenoxy) is 1. The van der Waals surface area contributed by atoms with Crippen LogP contribution in [0.2, 0.25) is 0 Å². The number of aliphatic hydroxyl groups excluding tert-OH is 1. The van der Waals surface area contributed by atoms with Gasteiger partial charge in [0.05, 0.1) is 24.1 Å². The zero-order chi connectivity index (χ0) is 16.0. The highest BCUT2D eigenvalue weighted by Gasteiger charge is 2.21. The number of benzene rings is 1. The van der Waals surface area contributed by atoms with E-state index in [4.69, 9.17) is 10.5 Å². The van der Waals surface area contributed by atoms with Crippen LogP contribution in [0.5, 0.6) is 0 Å². The second-order valence-electron chi connectivity index (χ2n) is 4.83. The van der Waals surface area contributed by atoms with Gasteiger partial charge in [0, 0.05) is 27.7 Å². The monoisotopic (exact) mass is 317 g/mol. The molecule has 120 valence electrons. The summed E-state index contributed by atoms with van der Waals surface area (Å²) in [6.07, 6.45) is -0.102. The quantitative estimate of drug-likeness (QED) is 0.597. The maximum absolute atomic E-state index is 12.1. The van der Waals surface area contributed by atoms with E-state index < -0.39 is 16.1 Å². The lowest BCUT2D eigenvalue weighted by molar-refractivity contribution is 0.0615. The van der Waals surface area contributed by atoms with E-state index in [1.807, 2.05) is 0 Å². The van der Waals surface area contributed by atoms with Gasteiger partial charge in [0.15, 0.2) is 0 Å². The van der Waals surface area contributed by atoms with Gasteiger partial charge in [-0.1, -0.05) is 6.07 Å². The summed E-state index contributed by atoms with van der Waals surface area (Å²) in [6, 6.07) is 4.79. The number of nitrogens with two attached hydrogens (primary N) is 1. The van der Waals surface area contributed by atoms with E-state index in [0.29, 0.717) is 18.7 Å². The number of rotatable bonds is 8. The summed E-state index contributed by atoms with van der Waals surface area (Å²) in [5.74, 6) is 0. The molecule has 0 aliphatic carbocycles. The Morgan fingerprint density at radius 2 is 2.10 bits per heavy atom. The highest BCUT2D eigenvalue weighted by Crippen LogP contribution is 2.28. The van der Waals surface area contributed by atoms with Crippen molar-refractivity contribution < 1.29 is 18.3 Å². The smallest absolute Gasteiger partial charge is 0.244 e. The second-order valence-corrected chi connectivity index (χ2v) is 6.95. The van der Waals surface area contributed by atoms with Gasteiger partial charge in [-0.25, -0.2) is 12.7 Å². The fourth-order valence-corrected chi connectivity index (χ4v) is 2.80. The third-order valence-electron chi connectivity index (χ3n) is 2.98. The van der Waals surface area contributed by atoms with E-state index in [-0.39, 0.29) is 17.2 Å². The summed E-state index contributed by atoms with van der Waals surface area (Å²) in [5, 5.41) is 12.6. The van der Waals surface area contributed by atoms with Crippen molar-refractivity contribution in [2.24, 2.45) is 0 Å². The summed E-state index contributed by atoms with van der Waals surface area (Å²) in [5.41, 5.74) is 6.63. The highest BCUT2D eigenvalue weighted by molar-refractivity contribution is 7.89. The Morgan fingerprint density at radius 1 is 1.43 bits per heavy atom. The first-order valence-electron chi connectivity index (χ1n) is 6.52. The first-order valence-corrected chi connectivity index (χ1v) is 7.96. The molecule has 0 fully saturated rings. The van der Waals surface area contributed by atoms with E-state index in [1.165, 1.54) is 27.3 Å². The molecule has 1 aromatic rings. The van der Waals surface area contributed by atoms with Gasteiger partial charge in [0.25, 0.3) is 0 Å². The molecule has 7 nitrogen and oxygen atoms in total. The first kappa shape index (κ1) is 17.7. The number of anilines is 2. The average molecular weight is 317 g/mol. The average Bonchev–Trinajstić information content (AvgIpc) is 2.40. The molecule has 1 atom stereocenters. The molecule has 8 heteroatoms. The summed E-state index contributed by atoms with van der Waals surface area (Å²) in [7, 11) is 0.846. The van der Waals surface area contributed by atoms with Crippen LogP contribution >= 0.6 is 0 Å². The van der Waals surface area contributed by atoms with Crippen LogP contribution < -0.4 is 11.1 Å². The van der Waals surface area contributed by atoms with Gasteiger partial charge in [-0.05, 0) is 18.6 Å². The maximum atomic E-state index is 12.1. The standard InChI is InChI=1S/C13H23N3O4S/c1-16(2)21(18,19)12-6-4-5-11(13(12)14)15-8-7-10(17)9-20-3/h4-6,10,15,17H,7-9,14H2,1-3H3. The Morgan fingerprint density at radius 3 is 2.67 bits per heavy atom. The molecule has 21 heavy (non-hydrogen) atoms. The van der Waals surface area contributed by atoms with E-state index >= 15 is 0 Å². The van der Waals surface area contributed by atoms with Crippen LogP contribution in [0.1, 0.15) is 6.42 Å². The molecule has 4 N–H and O–H groups in total. The predicted octanol–water partition coefficient (Wildman–Crippen LogP) is 0.328. The molecule has 0 aliphatic rings. The molecule has 0 heterocycles. The molecule has 0 aliphatic heterocycles. The summed E-state index contributed by atoms with van der Waals surface area (Å²) in [4.78, 5) is 0.0648. The zero-order valence-corrected chi connectivity index (χ0v) is 13.4. The molecule has 0 amide bonds. The van der Waals surface area contributed by atoms with Crippen molar-refractivity contribution in [1.29, 1.82) is 0 Å². The molecule has 1 rings (SSSR count). The molecular formula is C13H23N3O4S. The molecule has 1 unspecified atom stereocenters. The van der Waals surface area contributed by atoms with E-state index in [0.717, 1.165) is 4.31 Å². The molecule has 0 bridgehead atoms. The highest BCUT2D eigenvalue weighted by atomic mass is 32.2. The van der Waals surface area contributed by atoms with Crippen molar-refractivity contribution in [2.75, 3.05) is 45.4 Å². The van der Waals surface area contributed by atoms with Gasteiger partial charge in [0.2, 0.25) is 10.0 Å². The van der Waals surface area contributed by atoms with Crippen LogP contribution in [0, 0.1) is 0 Å². The number of nitrogen functional groups attached to an aromatic ring is 1. The molecule has 1 aromatic carbocycles. The second kappa shape index (κ2) is 7.60. The van der Waals surface area contributed by atoms with Crippen LogP contribution in [-0.4, -0.2) is 58.3 Å². The van der Waals surface area contributed by atoms with Crippen molar-refractivity contribution >= 4 is 21.4 Å². The number of hydrogen-bond donors (Lipinski definition) is 3. The largest absolute Gasteiger partial charge is 0.396 e. The number of aliphatic hydroxyl groups is 1. The predicted molar refractivity (Wildman–Crippen MR) is 82.7 cm³/mol. The molecule has 0 spiro atoms. The lowest BCUT2D eigenvalue weighted by Crippen LogP contribution is -2.24. The third-order valence-corrected chi connectivity index (χ3v) is 4.85. The minimum Gasteiger partial charge on any atom is -0.396 e. The summed E-state index contributed by atoms with van der Waals surface area (Å²) >= 11 is 0. The number of sulfonamides is 1. The van der Waals surface area contributed by atoms with Crippen LogP contribution in [0.25, 0.3) is 0 Å².